The van der Waals surface area contributed by atoms with Crippen molar-refractivity contribution >= 4 is 19.3 Å². The zero-order valence-electron chi connectivity index (χ0n) is 3.24. The number of rotatable bonds is 1. The highest BCUT2D eigenvalue weighted by Gasteiger charge is 1.87. The second-order valence-electron chi connectivity index (χ2n) is 0.924. The van der Waals surface area contributed by atoms with Crippen LogP contribution in [0.3, 0.4) is 0 Å². The smallest absolute Gasteiger partial charge is 0.208 e. The first-order chi connectivity index (χ1) is 2.27. The van der Waals surface area contributed by atoms with Crippen molar-refractivity contribution < 1.29 is 0 Å². The van der Waals surface area contributed by atoms with E-state index in [0.717, 1.165) is 6.04 Å². The fraction of sp³-hybridized carbons (Fsp3) is 1.00. The molecule has 0 aromatic rings. The van der Waals surface area contributed by atoms with Gasteiger partial charge in [0.05, 0.1) is 0 Å². The van der Waals surface area contributed by atoms with Gasteiger partial charge in [-0.1, -0.05) is 6.92 Å². The van der Waals surface area contributed by atoms with Gasteiger partial charge in [0.15, 0.2) is 0 Å². The van der Waals surface area contributed by atoms with E-state index in [0.29, 0.717) is 0 Å². The summed E-state index contributed by atoms with van der Waals surface area (Å²) in [5, 5.41) is 5.20. The van der Waals surface area contributed by atoms with Crippen molar-refractivity contribution in [2.24, 2.45) is 5.40 Å². The Labute approximate surface area is 38.5 Å². The van der Waals surface area contributed by atoms with Crippen molar-refractivity contribution in [1.29, 1.82) is 0 Å². The van der Waals surface area contributed by atoms with Crippen molar-refractivity contribution in [3.05, 3.63) is 0 Å². The molecule has 0 fully saturated rings. The molecular formula is C2H8ClNSi. The monoisotopic (exact) mass is 109 g/mol. The third-order valence-electron chi connectivity index (χ3n) is 0.390. The van der Waals surface area contributed by atoms with Crippen LogP contribution in [0, 0.1) is 0 Å². The second-order valence-corrected chi connectivity index (χ2v) is 4.45. The standard InChI is InChI=1S/C2H8ClNSi/c1-2-5(3)4/h5H,2,4H2,1H3. The van der Waals surface area contributed by atoms with E-state index in [1.807, 2.05) is 6.92 Å². The number of hydrogen-bond donors (Lipinski definition) is 1. The van der Waals surface area contributed by atoms with Gasteiger partial charge in [0.1, 0.15) is 0 Å². The third kappa shape index (κ3) is 4.47. The molecule has 1 atom stereocenters. The minimum Gasteiger partial charge on any atom is -0.341 e. The topological polar surface area (TPSA) is 26.0 Å². The minimum absolute atomic E-state index is 0.988. The van der Waals surface area contributed by atoms with Gasteiger partial charge in [-0.15, -0.1) is 0 Å². The summed E-state index contributed by atoms with van der Waals surface area (Å²) in [7, 11) is -1.18. The van der Waals surface area contributed by atoms with Crippen LogP contribution < -0.4 is 5.40 Å². The molecule has 1 nitrogen and oxygen atoms in total. The second kappa shape index (κ2) is 2.69. The molecule has 0 amide bonds. The predicted molar refractivity (Wildman–Crippen MR) is 27.7 cm³/mol. The van der Waals surface area contributed by atoms with Gasteiger partial charge in [-0.3, -0.25) is 0 Å². The Morgan fingerprint density at radius 3 is 2.20 bits per heavy atom. The van der Waals surface area contributed by atoms with Crippen LogP contribution >= 0.6 is 11.1 Å². The largest absolute Gasteiger partial charge is 0.341 e. The molecule has 0 saturated heterocycles. The lowest BCUT2D eigenvalue weighted by Gasteiger charge is -1.85. The van der Waals surface area contributed by atoms with Crippen LogP contribution in [0.25, 0.3) is 0 Å². The van der Waals surface area contributed by atoms with E-state index >= 15 is 0 Å². The Morgan fingerprint density at radius 2 is 2.20 bits per heavy atom. The normalized spacial score (nSPS) is 15.0. The molecule has 0 aliphatic heterocycles. The molecule has 2 N–H and O–H groups in total. The van der Waals surface area contributed by atoms with Crippen LogP contribution in [0.5, 0.6) is 0 Å². The van der Waals surface area contributed by atoms with Gasteiger partial charge in [0, 0.05) is 0 Å². The van der Waals surface area contributed by atoms with Crippen molar-refractivity contribution in [3.8, 4) is 0 Å². The molecule has 0 bridgehead atoms. The van der Waals surface area contributed by atoms with Crippen LogP contribution in [0.4, 0.5) is 0 Å². The van der Waals surface area contributed by atoms with Gasteiger partial charge < -0.3 is 5.40 Å². The van der Waals surface area contributed by atoms with Crippen LogP contribution in [0.2, 0.25) is 6.04 Å². The average molecular weight is 110 g/mol. The van der Waals surface area contributed by atoms with Gasteiger partial charge in [0.25, 0.3) is 0 Å². The molecule has 5 heavy (non-hydrogen) atoms. The lowest BCUT2D eigenvalue weighted by atomic mass is 11.0. The average Bonchev–Trinajstić information content (AvgIpc) is 1.38. The molecule has 3 heteroatoms. The van der Waals surface area contributed by atoms with Gasteiger partial charge in [0.2, 0.25) is 8.27 Å². The van der Waals surface area contributed by atoms with Crippen molar-refractivity contribution in [3.63, 3.8) is 0 Å². The van der Waals surface area contributed by atoms with Crippen LogP contribution in [0.15, 0.2) is 0 Å². The molecule has 0 radical (unpaired) electrons. The van der Waals surface area contributed by atoms with Crippen molar-refractivity contribution in [2.45, 2.75) is 13.0 Å². The maximum atomic E-state index is 5.38. The molecule has 0 rings (SSSR count). The SMILES string of the molecule is CC[SiH](N)Cl. The molecule has 0 aliphatic carbocycles. The molecule has 0 heterocycles. The number of halogens is 1. The summed E-state index contributed by atoms with van der Waals surface area (Å²) in [6, 6.07) is 0.988. The van der Waals surface area contributed by atoms with Gasteiger partial charge in [-0.2, -0.15) is 11.1 Å². The number of nitrogens with two attached hydrogens (primary N) is 1. The van der Waals surface area contributed by atoms with E-state index < -0.39 is 8.27 Å². The highest BCUT2D eigenvalue weighted by molar-refractivity contribution is 7.05. The molecule has 0 aromatic carbocycles. The zero-order valence-corrected chi connectivity index (χ0v) is 5.15. The van der Waals surface area contributed by atoms with Gasteiger partial charge in [-0.05, 0) is 6.04 Å². The van der Waals surface area contributed by atoms with E-state index in [9.17, 15) is 0 Å². The first-order valence-corrected chi connectivity index (χ1v) is 4.90. The lowest BCUT2D eigenvalue weighted by molar-refractivity contribution is 1.42. The molecule has 0 aliphatic rings. The van der Waals surface area contributed by atoms with Gasteiger partial charge in [-0.25, -0.2) is 0 Å². The molecule has 0 aromatic heterocycles. The van der Waals surface area contributed by atoms with Crippen LogP contribution in [-0.2, 0) is 0 Å². The lowest BCUT2D eigenvalue weighted by Crippen LogP contribution is -2.14. The summed E-state index contributed by atoms with van der Waals surface area (Å²) < 4.78 is 0. The fourth-order valence-corrected chi connectivity index (χ4v) is 0. The molecule has 0 saturated carbocycles. The van der Waals surface area contributed by atoms with Crippen molar-refractivity contribution in [2.75, 3.05) is 0 Å². The Morgan fingerprint density at radius 1 is 2.00 bits per heavy atom. The van der Waals surface area contributed by atoms with E-state index in [1.54, 1.807) is 0 Å². The Hall–Kier alpha value is 0.467. The number of hydrogen-bond acceptors (Lipinski definition) is 1. The van der Waals surface area contributed by atoms with Gasteiger partial charge >= 0.3 is 0 Å². The Kier molecular flexibility index (Phi) is 2.94. The summed E-state index contributed by atoms with van der Waals surface area (Å²) in [6.07, 6.45) is 0. The predicted octanol–water partition coefficient (Wildman–Crippen LogP) is 0.424. The van der Waals surface area contributed by atoms with E-state index in [-0.39, 0.29) is 0 Å². The summed E-state index contributed by atoms with van der Waals surface area (Å²) in [5.74, 6) is 0. The van der Waals surface area contributed by atoms with E-state index in [1.165, 1.54) is 0 Å². The van der Waals surface area contributed by atoms with E-state index in [4.69, 9.17) is 16.5 Å². The first-order valence-electron chi connectivity index (χ1n) is 1.67. The summed E-state index contributed by atoms with van der Waals surface area (Å²) in [4.78, 5) is 0. The highest BCUT2D eigenvalue weighted by atomic mass is 35.6. The van der Waals surface area contributed by atoms with Crippen molar-refractivity contribution in [1.82, 2.24) is 0 Å². The highest BCUT2D eigenvalue weighted by Crippen LogP contribution is 1.83. The quantitative estimate of drug-likeness (QED) is 0.384. The molecular weight excluding hydrogens is 102 g/mol. The molecule has 1 unspecified atom stereocenters. The summed E-state index contributed by atoms with van der Waals surface area (Å²) >= 11 is 5.38. The maximum absolute atomic E-state index is 5.38. The Bertz CT molecular complexity index is 23.6. The first kappa shape index (κ1) is 5.47. The van der Waals surface area contributed by atoms with Crippen LogP contribution in [-0.4, -0.2) is 8.27 Å². The maximum Gasteiger partial charge on any atom is 0.208 e. The summed E-state index contributed by atoms with van der Waals surface area (Å²) in [5.41, 5.74) is 0. The minimum atomic E-state index is -1.18. The fourth-order valence-electron chi connectivity index (χ4n) is 0. The third-order valence-corrected chi connectivity index (χ3v) is 2.10. The Balaban J connectivity index is 2.54. The molecule has 0 spiro atoms. The summed E-state index contributed by atoms with van der Waals surface area (Å²) in [6.45, 7) is 2.00. The van der Waals surface area contributed by atoms with Crippen LogP contribution in [0.1, 0.15) is 6.92 Å². The van der Waals surface area contributed by atoms with E-state index in [2.05, 4.69) is 0 Å². The zero-order chi connectivity index (χ0) is 4.28. The molecule has 32 valence electrons.